The second-order valence-corrected chi connectivity index (χ2v) is 5.44. The number of hydrogen-bond acceptors (Lipinski definition) is 4. The fraction of sp³-hybridized carbons (Fsp3) is 0.333. The van der Waals surface area contributed by atoms with Crippen LogP contribution in [0.15, 0.2) is 46.9 Å². The van der Waals surface area contributed by atoms with Crippen molar-refractivity contribution in [3.05, 3.63) is 59.5 Å². The third kappa shape index (κ3) is 5.15. The molecule has 0 aliphatic carbocycles. The van der Waals surface area contributed by atoms with E-state index in [9.17, 15) is 13.9 Å². The van der Waals surface area contributed by atoms with Gasteiger partial charge in [-0.25, -0.2) is 0 Å². The van der Waals surface area contributed by atoms with Gasteiger partial charge in [0.15, 0.2) is 0 Å². The number of rotatable bonds is 8. The smallest absolute Gasteiger partial charge is 0.284 e. The maximum atomic E-state index is 12.1. The van der Waals surface area contributed by atoms with Crippen LogP contribution in [0.25, 0.3) is 0 Å². The number of hydrogen-bond donors (Lipinski definition) is 2. The van der Waals surface area contributed by atoms with E-state index in [0.717, 1.165) is 5.56 Å². The monoisotopic (exact) mass is 313 g/mol. The molecular weight excluding hydrogens is 296 g/mol. The van der Waals surface area contributed by atoms with Gasteiger partial charge in [0.2, 0.25) is 0 Å². The van der Waals surface area contributed by atoms with Crippen molar-refractivity contribution in [1.29, 1.82) is 0 Å². The zero-order chi connectivity index (χ0) is 15.1. The Hall–Kier alpha value is -1.37. The van der Waals surface area contributed by atoms with Crippen LogP contribution in [0.5, 0.6) is 0 Å². The van der Waals surface area contributed by atoms with E-state index in [1.54, 1.807) is 12.1 Å². The van der Waals surface area contributed by atoms with Gasteiger partial charge >= 0.3 is 0 Å². The Morgan fingerprint density at radius 1 is 1.10 bits per heavy atom. The molecule has 114 valence electrons. The zero-order valence-corrected chi connectivity index (χ0v) is 12.2. The molecule has 0 amide bonds. The Balaban J connectivity index is 1.87. The van der Waals surface area contributed by atoms with E-state index >= 15 is 0 Å². The third-order valence-corrected chi connectivity index (χ3v) is 3.68. The summed E-state index contributed by atoms with van der Waals surface area (Å²) in [6.07, 6.45) is 0. The van der Waals surface area contributed by atoms with Crippen molar-refractivity contribution in [2.75, 3.05) is 6.61 Å². The van der Waals surface area contributed by atoms with E-state index in [0.29, 0.717) is 29.8 Å². The van der Waals surface area contributed by atoms with Crippen molar-refractivity contribution in [2.24, 2.45) is 0 Å². The van der Waals surface area contributed by atoms with Gasteiger partial charge in [-0.2, -0.15) is 8.78 Å². The molecule has 0 saturated carbocycles. The second-order valence-electron chi connectivity index (χ2n) is 4.47. The predicted molar refractivity (Wildman–Crippen MR) is 79.1 cm³/mol. The highest BCUT2D eigenvalue weighted by Gasteiger charge is 2.11. The lowest BCUT2D eigenvalue weighted by molar-refractivity contribution is 0.240. The van der Waals surface area contributed by atoms with Crippen LogP contribution < -0.4 is 5.32 Å². The molecule has 3 nitrogen and oxygen atoms in total. The molecule has 0 aliphatic heterocycles. The fourth-order valence-electron chi connectivity index (χ4n) is 1.94. The lowest BCUT2D eigenvalue weighted by Gasteiger charge is -2.15. The van der Waals surface area contributed by atoms with Crippen molar-refractivity contribution in [2.45, 2.75) is 24.1 Å². The number of furan rings is 1. The lowest BCUT2D eigenvalue weighted by Crippen LogP contribution is -2.23. The summed E-state index contributed by atoms with van der Waals surface area (Å²) in [6.45, 7) is 0.401. The standard InChI is InChI=1S/C15H17F2NO2S/c16-15(17)21-10-13-7-6-12(20-13)8-18-14(9-19)11-4-2-1-3-5-11/h1-7,14-15,18-19H,8-10H2. The van der Waals surface area contributed by atoms with Crippen LogP contribution in [0, 0.1) is 0 Å². The molecule has 0 saturated heterocycles. The van der Waals surface area contributed by atoms with Gasteiger partial charge in [-0.1, -0.05) is 42.1 Å². The van der Waals surface area contributed by atoms with Crippen molar-refractivity contribution in [3.8, 4) is 0 Å². The number of thioether (sulfide) groups is 1. The van der Waals surface area contributed by atoms with Gasteiger partial charge in [0.05, 0.1) is 24.9 Å². The molecule has 6 heteroatoms. The Morgan fingerprint density at radius 2 is 1.81 bits per heavy atom. The molecule has 1 aromatic carbocycles. The van der Waals surface area contributed by atoms with Crippen LogP contribution in [0.3, 0.4) is 0 Å². The van der Waals surface area contributed by atoms with Gasteiger partial charge in [0, 0.05) is 0 Å². The van der Waals surface area contributed by atoms with Crippen molar-refractivity contribution < 1.29 is 18.3 Å². The number of aliphatic hydroxyl groups excluding tert-OH is 1. The van der Waals surface area contributed by atoms with Crippen LogP contribution in [0.4, 0.5) is 8.78 Å². The number of aliphatic hydroxyl groups is 1. The Labute approximate surface area is 126 Å². The van der Waals surface area contributed by atoms with Crippen molar-refractivity contribution in [1.82, 2.24) is 5.32 Å². The Bertz CT molecular complexity index is 533. The molecule has 21 heavy (non-hydrogen) atoms. The van der Waals surface area contributed by atoms with Crippen LogP contribution in [0.1, 0.15) is 23.1 Å². The molecule has 2 aromatic rings. The summed E-state index contributed by atoms with van der Waals surface area (Å²) in [5.41, 5.74) is 0.986. The number of alkyl halides is 2. The second kappa shape index (κ2) is 8.17. The third-order valence-electron chi connectivity index (χ3n) is 2.98. The van der Waals surface area contributed by atoms with Gasteiger partial charge < -0.3 is 14.8 Å². The molecular formula is C15H17F2NO2S. The first kappa shape index (κ1) is 16.0. The van der Waals surface area contributed by atoms with Crippen LogP contribution in [-0.4, -0.2) is 17.5 Å². The van der Waals surface area contributed by atoms with E-state index in [2.05, 4.69) is 5.32 Å². The minimum Gasteiger partial charge on any atom is -0.464 e. The largest absolute Gasteiger partial charge is 0.464 e. The average Bonchev–Trinajstić information content (AvgIpc) is 2.95. The first-order chi connectivity index (χ1) is 10.2. The SMILES string of the molecule is OCC(NCc1ccc(CSC(F)F)o1)c1ccccc1. The summed E-state index contributed by atoms with van der Waals surface area (Å²) in [7, 11) is 0. The zero-order valence-electron chi connectivity index (χ0n) is 11.3. The molecule has 0 aliphatic rings. The fourth-order valence-corrected chi connectivity index (χ4v) is 2.38. The van der Waals surface area contributed by atoms with Crippen LogP contribution in [0.2, 0.25) is 0 Å². The average molecular weight is 313 g/mol. The van der Waals surface area contributed by atoms with Crippen molar-refractivity contribution >= 4 is 11.8 Å². The molecule has 2 rings (SSSR count). The molecule has 0 fully saturated rings. The van der Waals surface area contributed by atoms with Gasteiger partial charge in [-0.05, 0) is 17.7 Å². The van der Waals surface area contributed by atoms with Gasteiger partial charge in [0.25, 0.3) is 5.76 Å². The molecule has 0 spiro atoms. The highest BCUT2D eigenvalue weighted by atomic mass is 32.2. The minimum atomic E-state index is -2.39. The normalized spacial score (nSPS) is 12.8. The maximum absolute atomic E-state index is 12.1. The highest BCUT2D eigenvalue weighted by molar-refractivity contribution is 7.98. The first-order valence-corrected chi connectivity index (χ1v) is 7.60. The maximum Gasteiger partial charge on any atom is 0.284 e. The topological polar surface area (TPSA) is 45.4 Å². The molecule has 1 atom stereocenters. The number of benzene rings is 1. The van der Waals surface area contributed by atoms with E-state index in [-0.39, 0.29) is 18.4 Å². The lowest BCUT2D eigenvalue weighted by atomic mass is 10.1. The molecule has 0 radical (unpaired) electrons. The predicted octanol–water partition coefficient (Wildman–Crippen LogP) is 3.56. The van der Waals surface area contributed by atoms with E-state index in [1.807, 2.05) is 30.3 Å². The van der Waals surface area contributed by atoms with Crippen LogP contribution >= 0.6 is 11.8 Å². The molecule has 1 heterocycles. The Kier molecular flexibility index (Phi) is 6.22. The van der Waals surface area contributed by atoms with Gasteiger partial charge in [-0.15, -0.1) is 0 Å². The highest BCUT2D eigenvalue weighted by Crippen LogP contribution is 2.21. The molecule has 1 unspecified atom stereocenters. The summed E-state index contributed by atoms with van der Waals surface area (Å²) in [4.78, 5) is 0. The summed E-state index contributed by atoms with van der Waals surface area (Å²) < 4.78 is 29.7. The number of halogens is 2. The quantitative estimate of drug-likeness (QED) is 0.782. The first-order valence-electron chi connectivity index (χ1n) is 6.55. The van der Waals surface area contributed by atoms with Gasteiger partial charge in [-0.3, -0.25) is 0 Å². The minimum absolute atomic E-state index is 0.0290. The summed E-state index contributed by atoms with van der Waals surface area (Å²) in [5.74, 6) is -1.06. The van der Waals surface area contributed by atoms with E-state index in [1.165, 1.54) is 0 Å². The number of nitrogens with one attached hydrogen (secondary N) is 1. The summed E-state index contributed by atoms with van der Waals surface area (Å²) in [6, 6.07) is 12.9. The Morgan fingerprint density at radius 3 is 2.48 bits per heavy atom. The molecule has 1 aromatic heterocycles. The molecule has 0 bridgehead atoms. The van der Waals surface area contributed by atoms with E-state index < -0.39 is 5.76 Å². The summed E-state index contributed by atoms with van der Waals surface area (Å²) in [5, 5.41) is 12.6. The van der Waals surface area contributed by atoms with E-state index in [4.69, 9.17) is 4.42 Å². The van der Waals surface area contributed by atoms with Crippen LogP contribution in [-0.2, 0) is 12.3 Å². The van der Waals surface area contributed by atoms with Gasteiger partial charge in [0.1, 0.15) is 11.5 Å². The summed E-state index contributed by atoms with van der Waals surface area (Å²) >= 11 is 0.536. The van der Waals surface area contributed by atoms with Crippen molar-refractivity contribution in [3.63, 3.8) is 0 Å². The molecule has 2 N–H and O–H groups in total.